The van der Waals surface area contributed by atoms with E-state index in [1.54, 1.807) is 0 Å². The molecule has 0 saturated carbocycles. The number of rotatable bonds is 2. The van der Waals surface area contributed by atoms with Crippen LogP contribution in [0.2, 0.25) is 15.1 Å². The first-order valence-corrected chi connectivity index (χ1v) is 6.23. The predicted octanol–water partition coefficient (Wildman–Crippen LogP) is 4.52. The molecule has 1 aliphatic carbocycles. The maximum absolute atomic E-state index is 11.9. The van der Waals surface area contributed by atoms with E-state index in [0.717, 1.165) is 12.8 Å². The fourth-order valence-electron chi connectivity index (χ4n) is 1.64. The number of allylic oxidation sites excluding steroid dienone is 1. The Bertz CT molecular complexity index is 460. The molecule has 17 heavy (non-hydrogen) atoms. The fourth-order valence-corrected chi connectivity index (χ4v) is 2.61. The Balaban J connectivity index is 2.21. The summed E-state index contributed by atoms with van der Waals surface area (Å²) in [7, 11) is 0. The molecule has 0 bridgehead atoms. The Hall–Kier alpha value is -0.700. The van der Waals surface area contributed by atoms with Crippen LogP contribution in [0.5, 0.6) is 0 Å². The Morgan fingerprint density at radius 3 is 2.41 bits per heavy atom. The highest BCUT2D eigenvalue weighted by atomic mass is 35.5. The van der Waals surface area contributed by atoms with E-state index >= 15 is 0 Å². The van der Waals surface area contributed by atoms with Gasteiger partial charge in [-0.05, 0) is 31.1 Å². The molecule has 90 valence electrons. The molecule has 0 spiro atoms. The number of benzene rings is 1. The van der Waals surface area contributed by atoms with Crippen LogP contribution < -0.4 is 0 Å². The van der Waals surface area contributed by atoms with E-state index in [1.807, 2.05) is 12.2 Å². The van der Waals surface area contributed by atoms with Crippen molar-refractivity contribution in [2.45, 2.75) is 18.9 Å². The number of ether oxygens (including phenoxy) is 1. The monoisotopic (exact) mass is 290 g/mol. The normalized spacial score (nSPS) is 18.4. The highest BCUT2D eigenvalue weighted by molar-refractivity contribution is 6.41. The maximum Gasteiger partial charge on any atom is 0.341 e. The third-order valence-corrected chi connectivity index (χ3v) is 3.25. The number of halogens is 3. The van der Waals surface area contributed by atoms with Gasteiger partial charge in [-0.2, -0.15) is 0 Å². The minimum atomic E-state index is -0.520. The highest BCUT2D eigenvalue weighted by Crippen LogP contribution is 2.30. The summed E-state index contributed by atoms with van der Waals surface area (Å²) in [5.41, 5.74) is 0.165. The van der Waals surface area contributed by atoms with E-state index in [4.69, 9.17) is 39.5 Å². The van der Waals surface area contributed by atoms with Crippen LogP contribution in [0.25, 0.3) is 0 Å². The van der Waals surface area contributed by atoms with Gasteiger partial charge in [-0.15, -0.1) is 0 Å². The summed E-state index contributed by atoms with van der Waals surface area (Å²) in [6.07, 6.45) is 5.36. The van der Waals surface area contributed by atoms with Crippen LogP contribution in [0, 0.1) is 0 Å². The average molecular weight is 292 g/mol. The molecule has 1 aromatic carbocycles. The minimum absolute atomic E-state index is 0.165. The molecule has 2 nitrogen and oxygen atoms in total. The molecule has 0 aliphatic heterocycles. The molecule has 1 atom stereocenters. The largest absolute Gasteiger partial charge is 0.454 e. The van der Waals surface area contributed by atoms with Crippen molar-refractivity contribution in [2.24, 2.45) is 0 Å². The fraction of sp³-hybridized carbons (Fsp3) is 0.250. The van der Waals surface area contributed by atoms with Gasteiger partial charge in [0.15, 0.2) is 0 Å². The Kier molecular flexibility index (Phi) is 3.97. The zero-order valence-corrected chi connectivity index (χ0v) is 11.0. The molecule has 0 N–H and O–H groups in total. The second-order valence-electron chi connectivity index (χ2n) is 3.69. The maximum atomic E-state index is 11.9. The molecule has 0 aromatic heterocycles. The molecule has 1 aromatic rings. The van der Waals surface area contributed by atoms with Gasteiger partial charge in [0.05, 0.1) is 15.6 Å². The SMILES string of the molecule is O=C(O[C@@H]1C=CCC1)c1c(Cl)cc(Cl)cc1Cl. The lowest BCUT2D eigenvalue weighted by Gasteiger charge is -2.12. The molecule has 0 unspecified atom stereocenters. The van der Waals surface area contributed by atoms with Gasteiger partial charge in [0, 0.05) is 5.02 Å². The van der Waals surface area contributed by atoms with Gasteiger partial charge < -0.3 is 4.74 Å². The molecule has 5 heteroatoms. The van der Waals surface area contributed by atoms with Gasteiger partial charge in [0.2, 0.25) is 0 Å². The topological polar surface area (TPSA) is 26.3 Å². The van der Waals surface area contributed by atoms with Crippen molar-refractivity contribution in [1.82, 2.24) is 0 Å². The first-order valence-electron chi connectivity index (χ1n) is 5.10. The summed E-state index contributed by atoms with van der Waals surface area (Å²) in [6, 6.07) is 2.94. The van der Waals surface area contributed by atoms with Crippen molar-refractivity contribution in [3.05, 3.63) is 44.9 Å². The Labute approximate surface area is 114 Å². The molecule has 0 radical (unpaired) electrons. The third kappa shape index (κ3) is 2.95. The van der Waals surface area contributed by atoms with Crippen molar-refractivity contribution >= 4 is 40.8 Å². The lowest BCUT2D eigenvalue weighted by Crippen LogP contribution is -2.14. The van der Waals surface area contributed by atoms with E-state index in [1.165, 1.54) is 12.1 Å². The Morgan fingerprint density at radius 2 is 1.88 bits per heavy atom. The van der Waals surface area contributed by atoms with Gasteiger partial charge in [0.1, 0.15) is 6.10 Å². The second kappa shape index (κ2) is 5.30. The van der Waals surface area contributed by atoms with E-state index in [0.29, 0.717) is 5.02 Å². The highest BCUT2D eigenvalue weighted by Gasteiger charge is 2.21. The molecule has 2 rings (SSSR count). The van der Waals surface area contributed by atoms with Crippen molar-refractivity contribution in [2.75, 3.05) is 0 Å². The predicted molar refractivity (Wildman–Crippen MR) is 69.0 cm³/mol. The number of hydrogen-bond donors (Lipinski definition) is 0. The third-order valence-electron chi connectivity index (χ3n) is 2.44. The van der Waals surface area contributed by atoms with Crippen LogP contribution in [0.15, 0.2) is 24.3 Å². The van der Waals surface area contributed by atoms with Crippen molar-refractivity contribution in [3.8, 4) is 0 Å². The quantitative estimate of drug-likeness (QED) is 0.591. The molecule has 0 amide bonds. The van der Waals surface area contributed by atoms with Crippen LogP contribution in [-0.2, 0) is 4.74 Å². The summed E-state index contributed by atoms with van der Waals surface area (Å²) in [5.74, 6) is -0.520. The van der Waals surface area contributed by atoms with Crippen LogP contribution in [0.1, 0.15) is 23.2 Å². The van der Waals surface area contributed by atoms with Crippen molar-refractivity contribution in [3.63, 3.8) is 0 Å². The summed E-state index contributed by atoms with van der Waals surface area (Å²) >= 11 is 17.6. The molecule has 0 heterocycles. The Morgan fingerprint density at radius 1 is 1.24 bits per heavy atom. The smallest absolute Gasteiger partial charge is 0.341 e. The lowest BCUT2D eigenvalue weighted by molar-refractivity contribution is 0.0395. The zero-order chi connectivity index (χ0) is 12.4. The summed E-state index contributed by atoms with van der Waals surface area (Å²) in [4.78, 5) is 11.9. The van der Waals surface area contributed by atoms with Gasteiger partial charge in [-0.25, -0.2) is 4.79 Å². The van der Waals surface area contributed by atoms with E-state index in [2.05, 4.69) is 0 Å². The van der Waals surface area contributed by atoms with Gasteiger partial charge in [-0.1, -0.05) is 40.9 Å². The molecule has 0 saturated heterocycles. The molecular formula is C12H9Cl3O2. The van der Waals surface area contributed by atoms with E-state index in [9.17, 15) is 4.79 Å². The summed E-state index contributed by atoms with van der Waals surface area (Å²) in [5, 5.41) is 0.793. The number of esters is 1. The van der Waals surface area contributed by atoms with Gasteiger partial charge >= 0.3 is 5.97 Å². The number of carbonyl (C=O) groups is 1. The van der Waals surface area contributed by atoms with Crippen molar-refractivity contribution in [1.29, 1.82) is 0 Å². The minimum Gasteiger partial charge on any atom is -0.454 e. The number of hydrogen-bond acceptors (Lipinski definition) is 2. The second-order valence-corrected chi connectivity index (χ2v) is 4.94. The van der Waals surface area contributed by atoms with Crippen molar-refractivity contribution < 1.29 is 9.53 Å². The zero-order valence-electron chi connectivity index (χ0n) is 8.75. The van der Waals surface area contributed by atoms with Crippen LogP contribution >= 0.6 is 34.8 Å². The molecule has 0 fully saturated rings. The van der Waals surface area contributed by atoms with Crippen LogP contribution in [0.3, 0.4) is 0 Å². The standard InChI is InChI=1S/C12H9Cl3O2/c13-7-5-9(14)11(10(15)6-7)12(16)17-8-3-1-2-4-8/h1,3,5-6,8H,2,4H2/t8-/m1/s1. The first kappa shape index (κ1) is 12.7. The van der Waals surface area contributed by atoms with E-state index in [-0.39, 0.29) is 21.7 Å². The van der Waals surface area contributed by atoms with Gasteiger partial charge in [-0.3, -0.25) is 0 Å². The summed E-state index contributed by atoms with van der Waals surface area (Å²) in [6.45, 7) is 0. The average Bonchev–Trinajstić information content (AvgIpc) is 2.68. The van der Waals surface area contributed by atoms with Gasteiger partial charge in [0.25, 0.3) is 0 Å². The number of carbonyl (C=O) groups excluding carboxylic acids is 1. The van der Waals surface area contributed by atoms with E-state index < -0.39 is 5.97 Å². The summed E-state index contributed by atoms with van der Waals surface area (Å²) < 4.78 is 5.26. The first-order chi connectivity index (χ1) is 8.08. The van der Waals surface area contributed by atoms with Crippen LogP contribution in [0.4, 0.5) is 0 Å². The molecular weight excluding hydrogens is 282 g/mol. The lowest BCUT2D eigenvalue weighted by atomic mass is 10.2. The van der Waals surface area contributed by atoms with Crippen LogP contribution in [-0.4, -0.2) is 12.1 Å². The molecule has 1 aliphatic rings.